The first kappa shape index (κ1) is 35.8. The van der Waals surface area contributed by atoms with Crippen LogP contribution in [0.25, 0.3) is 0 Å². The monoisotopic (exact) mass is 595 g/mol. The Morgan fingerprint density at radius 1 is 1.00 bits per heavy atom. The molecule has 0 aromatic heterocycles. The molecule has 42 heavy (non-hydrogen) atoms. The van der Waals surface area contributed by atoms with E-state index in [-0.39, 0.29) is 44.2 Å². The number of aliphatic imine (C=N–C) groups is 1. The number of hydrogen-bond acceptors (Lipinski definition) is 10. The van der Waals surface area contributed by atoms with Crippen LogP contribution in [0.15, 0.2) is 17.1 Å². The van der Waals surface area contributed by atoms with E-state index in [0.717, 1.165) is 12.2 Å². The van der Waals surface area contributed by atoms with Crippen molar-refractivity contribution in [3.05, 3.63) is 12.2 Å². The van der Waals surface area contributed by atoms with Crippen LogP contribution in [-0.4, -0.2) is 101 Å². The van der Waals surface area contributed by atoms with Crippen LogP contribution in [0.4, 0.5) is 0 Å². The molecule has 4 atom stereocenters. The third kappa shape index (κ3) is 11.7. The number of nitrogens with one attached hydrogen (secondary N) is 2. The van der Waals surface area contributed by atoms with Crippen molar-refractivity contribution in [1.82, 2.24) is 15.5 Å². The number of nitrogens with zero attached hydrogens (tertiary/aromatic N) is 2. The van der Waals surface area contributed by atoms with Crippen molar-refractivity contribution in [3.63, 3.8) is 0 Å². The van der Waals surface area contributed by atoms with E-state index in [9.17, 15) is 43.8 Å². The van der Waals surface area contributed by atoms with Crippen LogP contribution in [0.3, 0.4) is 0 Å². The summed E-state index contributed by atoms with van der Waals surface area (Å²) in [5.41, 5.74) is 16.1. The number of carbonyl (C=O) groups excluding carboxylic acids is 6. The molecular weight excluding hydrogens is 554 g/mol. The van der Waals surface area contributed by atoms with Crippen LogP contribution in [0.1, 0.15) is 46.0 Å². The minimum Gasteiger partial charge on any atom is -0.481 e. The summed E-state index contributed by atoms with van der Waals surface area (Å²) in [5.74, 6) is -7.94. The molecule has 1 rings (SSSR count). The van der Waals surface area contributed by atoms with Crippen LogP contribution in [0.2, 0.25) is 0 Å². The molecule has 0 unspecified atom stereocenters. The van der Waals surface area contributed by atoms with Crippen molar-refractivity contribution in [3.8, 4) is 0 Å². The van der Waals surface area contributed by atoms with Gasteiger partial charge in [0.1, 0.15) is 6.04 Å². The Labute approximate surface area is 243 Å². The molecule has 0 aromatic carbocycles. The third-order valence-electron chi connectivity index (χ3n) is 6.42. The van der Waals surface area contributed by atoms with Crippen LogP contribution in [-0.2, 0) is 33.6 Å². The second-order valence-electron chi connectivity index (χ2n) is 10.3. The summed E-state index contributed by atoms with van der Waals surface area (Å²) in [7, 11) is 0. The van der Waals surface area contributed by atoms with Gasteiger partial charge in [0.15, 0.2) is 17.5 Å². The van der Waals surface area contributed by atoms with Gasteiger partial charge in [-0.25, -0.2) is 0 Å². The molecule has 234 valence electrons. The van der Waals surface area contributed by atoms with Crippen LogP contribution in [0, 0.1) is 17.8 Å². The fourth-order valence-electron chi connectivity index (χ4n) is 4.22. The average Bonchev–Trinajstić information content (AvgIpc) is 3.24. The number of aliphatic hydroxyl groups excluding tert-OH is 1. The van der Waals surface area contributed by atoms with Gasteiger partial charge in [-0.15, -0.1) is 0 Å². The van der Waals surface area contributed by atoms with Crippen molar-refractivity contribution in [2.45, 2.75) is 58.0 Å². The number of carboxylic acids is 1. The highest BCUT2D eigenvalue weighted by molar-refractivity contribution is 6.15. The number of aliphatic carboxylic acids is 1. The maximum absolute atomic E-state index is 13.1. The number of carboxylic acid groups (broad SMARTS) is 1. The Morgan fingerprint density at radius 3 is 2.12 bits per heavy atom. The number of guanidine groups is 1. The molecule has 0 saturated heterocycles. The quantitative estimate of drug-likeness (QED) is 0.0324. The molecular formula is C26H41N7O9. The van der Waals surface area contributed by atoms with Crippen molar-refractivity contribution in [2.75, 3.05) is 26.2 Å². The van der Waals surface area contributed by atoms with E-state index in [2.05, 4.69) is 15.6 Å². The van der Waals surface area contributed by atoms with Crippen molar-refractivity contribution in [2.24, 2.45) is 39.9 Å². The first-order chi connectivity index (χ1) is 19.7. The first-order valence-corrected chi connectivity index (χ1v) is 13.5. The summed E-state index contributed by atoms with van der Waals surface area (Å²) >= 11 is 0. The zero-order chi connectivity index (χ0) is 32.0. The lowest BCUT2D eigenvalue weighted by atomic mass is 9.93. The summed E-state index contributed by atoms with van der Waals surface area (Å²) in [4.78, 5) is 91.0. The highest BCUT2D eigenvalue weighted by Gasteiger charge is 2.37. The Kier molecular flexibility index (Phi) is 15.0. The largest absolute Gasteiger partial charge is 0.481 e. The fourth-order valence-corrected chi connectivity index (χ4v) is 4.22. The van der Waals surface area contributed by atoms with Crippen molar-refractivity contribution in [1.29, 1.82) is 0 Å². The maximum Gasteiger partial charge on any atom is 0.306 e. The smallest absolute Gasteiger partial charge is 0.306 e. The number of ketones is 2. The minimum atomic E-state index is -1.36. The molecule has 16 heteroatoms. The zero-order valence-electron chi connectivity index (χ0n) is 23.8. The second kappa shape index (κ2) is 17.6. The summed E-state index contributed by atoms with van der Waals surface area (Å²) in [6.07, 6.45) is 1.76. The van der Waals surface area contributed by atoms with Crippen LogP contribution in [0.5, 0.6) is 0 Å². The molecule has 10 N–H and O–H groups in total. The van der Waals surface area contributed by atoms with Gasteiger partial charge in [-0.1, -0.05) is 13.8 Å². The molecule has 16 nitrogen and oxygen atoms in total. The highest BCUT2D eigenvalue weighted by Crippen LogP contribution is 2.15. The van der Waals surface area contributed by atoms with E-state index in [4.69, 9.17) is 17.2 Å². The Morgan fingerprint density at radius 2 is 1.62 bits per heavy atom. The lowest BCUT2D eigenvalue weighted by Crippen LogP contribution is -2.56. The summed E-state index contributed by atoms with van der Waals surface area (Å²) in [6.45, 7) is 2.12. The SMILES string of the molecule is CC(C)C[C@H](NC(=O)[C@H](CN)N1C(=O)C=CC1=O)C(=O)C[C@@H](CO)C(=O)NCC(=O)C[C@@H](CCCN=C(N)N)C(=O)O. The van der Waals surface area contributed by atoms with E-state index in [1.165, 1.54) is 0 Å². The molecule has 0 aliphatic carbocycles. The van der Waals surface area contributed by atoms with E-state index in [0.29, 0.717) is 11.3 Å². The molecule has 0 radical (unpaired) electrons. The molecule has 1 aliphatic rings. The summed E-state index contributed by atoms with van der Waals surface area (Å²) in [5, 5.41) is 24.0. The van der Waals surface area contributed by atoms with Gasteiger partial charge >= 0.3 is 5.97 Å². The summed E-state index contributed by atoms with van der Waals surface area (Å²) in [6, 6.07) is -2.47. The van der Waals surface area contributed by atoms with Gasteiger partial charge in [0.05, 0.1) is 31.0 Å². The van der Waals surface area contributed by atoms with Gasteiger partial charge in [0.25, 0.3) is 11.8 Å². The lowest BCUT2D eigenvalue weighted by molar-refractivity contribution is -0.146. The fraction of sp³-hybridized carbons (Fsp3) is 0.615. The van der Waals surface area contributed by atoms with E-state index >= 15 is 0 Å². The maximum atomic E-state index is 13.1. The number of imide groups is 1. The van der Waals surface area contributed by atoms with E-state index in [1.807, 2.05) is 0 Å². The Balaban J connectivity index is 2.78. The van der Waals surface area contributed by atoms with Gasteiger partial charge in [-0.2, -0.15) is 0 Å². The lowest BCUT2D eigenvalue weighted by Gasteiger charge is -2.27. The van der Waals surface area contributed by atoms with Crippen LogP contribution >= 0.6 is 0 Å². The highest BCUT2D eigenvalue weighted by atomic mass is 16.4. The Hall–Kier alpha value is -4.18. The van der Waals surface area contributed by atoms with Crippen molar-refractivity contribution >= 4 is 47.1 Å². The molecule has 1 heterocycles. The predicted molar refractivity (Wildman–Crippen MR) is 149 cm³/mol. The molecule has 0 spiro atoms. The topological polar surface area (TPSA) is 278 Å². The van der Waals surface area contributed by atoms with E-state index in [1.54, 1.807) is 13.8 Å². The standard InChI is InChI=1S/C26H41N7O9/c1-14(2)8-18(32-24(40)19(11-27)33-21(37)5-6-22(33)38)20(36)10-16(13-34)23(39)31-12-17(35)9-15(25(41)42)4-3-7-30-26(28)29/h5-6,14-16,18-19,34H,3-4,7-13,27H2,1-2H3,(H,31,39)(H,32,40)(H,41,42)(H4,28,29,30)/t15-,16+,18+,19+/m1/s1. The van der Waals surface area contributed by atoms with Gasteiger partial charge < -0.3 is 38.0 Å². The normalized spacial score (nSPS) is 15.6. The van der Waals surface area contributed by atoms with E-state index < -0.39 is 84.7 Å². The molecule has 0 bridgehead atoms. The molecule has 1 aliphatic heterocycles. The van der Waals surface area contributed by atoms with Gasteiger partial charge in [0, 0.05) is 38.1 Å². The number of carbonyl (C=O) groups is 7. The molecule has 0 saturated carbocycles. The second-order valence-corrected chi connectivity index (χ2v) is 10.3. The number of hydrogen-bond donors (Lipinski definition) is 7. The average molecular weight is 596 g/mol. The minimum absolute atomic E-state index is 0.0898. The zero-order valence-corrected chi connectivity index (χ0v) is 23.8. The number of nitrogens with two attached hydrogens (primary N) is 3. The van der Waals surface area contributed by atoms with Gasteiger partial charge in [-0.3, -0.25) is 43.5 Å². The van der Waals surface area contributed by atoms with Gasteiger partial charge in [0.2, 0.25) is 11.8 Å². The molecule has 0 fully saturated rings. The number of rotatable bonds is 20. The summed E-state index contributed by atoms with van der Waals surface area (Å²) < 4.78 is 0. The predicted octanol–water partition coefficient (Wildman–Crippen LogP) is -2.83. The molecule has 0 aromatic rings. The molecule has 4 amide bonds. The number of amides is 4. The van der Waals surface area contributed by atoms with Gasteiger partial charge in [-0.05, 0) is 25.2 Å². The first-order valence-electron chi connectivity index (χ1n) is 13.5. The third-order valence-corrected chi connectivity index (χ3v) is 6.42. The number of aliphatic hydroxyl groups is 1. The van der Waals surface area contributed by atoms with Crippen molar-refractivity contribution < 1.29 is 43.8 Å². The number of Topliss-reactive ketones (excluding diaryl/α,β-unsaturated/α-hetero) is 2. The van der Waals surface area contributed by atoms with Crippen LogP contribution < -0.4 is 27.8 Å². The Bertz CT molecular complexity index is 1070.